The number of piperidine rings is 1. The number of rotatable bonds is 5. The van der Waals surface area contributed by atoms with E-state index in [0.29, 0.717) is 19.6 Å². The second-order valence-corrected chi connectivity index (χ2v) is 6.95. The van der Waals surface area contributed by atoms with Gasteiger partial charge in [0.05, 0.1) is 19.3 Å². The summed E-state index contributed by atoms with van der Waals surface area (Å²) in [6, 6.07) is 9.48. The smallest absolute Gasteiger partial charge is 0.410 e. The molecule has 3 rings (SSSR count). The van der Waals surface area contributed by atoms with E-state index in [0.717, 1.165) is 18.4 Å². The van der Waals surface area contributed by atoms with Crippen molar-refractivity contribution in [2.75, 3.05) is 19.7 Å². The van der Waals surface area contributed by atoms with Crippen molar-refractivity contribution in [2.45, 2.75) is 45.1 Å². The van der Waals surface area contributed by atoms with E-state index >= 15 is 0 Å². The zero-order valence-electron chi connectivity index (χ0n) is 13.5. The maximum atomic E-state index is 14.2. The molecule has 23 heavy (non-hydrogen) atoms. The van der Waals surface area contributed by atoms with Gasteiger partial charge in [0.2, 0.25) is 0 Å². The lowest BCUT2D eigenvalue weighted by Crippen LogP contribution is -2.48. The summed E-state index contributed by atoms with van der Waals surface area (Å²) in [4.78, 5) is 13.5. The molecule has 1 saturated heterocycles. The summed E-state index contributed by atoms with van der Waals surface area (Å²) in [5.41, 5.74) is 1.18. The van der Waals surface area contributed by atoms with Crippen LogP contribution < -0.4 is 0 Å². The van der Waals surface area contributed by atoms with Gasteiger partial charge < -0.3 is 14.4 Å². The number of hydrogen-bond donors (Lipinski definition) is 0. The maximum absolute atomic E-state index is 14.2. The van der Waals surface area contributed by atoms with Crippen molar-refractivity contribution in [1.29, 1.82) is 0 Å². The molecule has 1 heterocycles. The molecule has 0 aromatic heterocycles. The van der Waals surface area contributed by atoms with E-state index in [2.05, 4.69) is 6.92 Å². The van der Waals surface area contributed by atoms with Gasteiger partial charge in [-0.3, -0.25) is 0 Å². The lowest BCUT2D eigenvalue weighted by Gasteiger charge is -2.34. The van der Waals surface area contributed by atoms with Crippen LogP contribution in [0.1, 0.15) is 31.7 Å². The zero-order chi connectivity index (χ0) is 16.3. The molecule has 0 unspecified atom stereocenters. The Labute approximate surface area is 136 Å². The minimum absolute atomic E-state index is 0.0506. The van der Waals surface area contributed by atoms with Crippen LogP contribution in [0, 0.1) is 5.41 Å². The third kappa shape index (κ3) is 4.44. The van der Waals surface area contributed by atoms with Crippen LogP contribution in [0.25, 0.3) is 0 Å². The van der Waals surface area contributed by atoms with E-state index in [-0.39, 0.29) is 18.6 Å². The molecule has 0 radical (unpaired) electrons. The van der Waals surface area contributed by atoms with Crippen molar-refractivity contribution < 1.29 is 18.7 Å². The summed E-state index contributed by atoms with van der Waals surface area (Å²) in [5, 5.41) is 0. The highest BCUT2D eigenvalue weighted by molar-refractivity contribution is 5.67. The van der Waals surface area contributed by atoms with Crippen LogP contribution in [-0.2, 0) is 16.1 Å². The highest BCUT2D eigenvalue weighted by atomic mass is 19.1. The third-order valence-electron chi connectivity index (χ3n) is 4.69. The Hall–Kier alpha value is -1.62. The normalized spacial score (nSPS) is 25.9. The minimum atomic E-state index is -1.14. The second kappa shape index (κ2) is 6.87. The van der Waals surface area contributed by atoms with Crippen LogP contribution in [0.4, 0.5) is 9.18 Å². The van der Waals surface area contributed by atoms with Gasteiger partial charge in [-0.25, -0.2) is 9.18 Å². The van der Waals surface area contributed by atoms with Crippen molar-refractivity contribution in [3.8, 4) is 0 Å². The number of halogens is 1. The molecule has 2 fully saturated rings. The van der Waals surface area contributed by atoms with Crippen molar-refractivity contribution in [3.05, 3.63) is 35.9 Å². The summed E-state index contributed by atoms with van der Waals surface area (Å²) < 4.78 is 25.2. The Bertz CT molecular complexity index is 532. The van der Waals surface area contributed by atoms with Crippen LogP contribution in [0.5, 0.6) is 0 Å². The van der Waals surface area contributed by atoms with E-state index in [9.17, 15) is 9.18 Å². The molecule has 2 aliphatic rings. The van der Waals surface area contributed by atoms with Gasteiger partial charge in [-0.1, -0.05) is 37.3 Å². The summed E-state index contributed by atoms with van der Waals surface area (Å²) >= 11 is 0. The fraction of sp³-hybridized carbons (Fsp3) is 0.611. The van der Waals surface area contributed by atoms with Gasteiger partial charge >= 0.3 is 6.09 Å². The summed E-state index contributed by atoms with van der Waals surface area (Å²) in [6.07, 6.45) is 0.853. The Morgan fingerprint density at radius 1 is 1.35 bits per heavy atom. The fourth-order valence-electron chi connectivity index (χ4n) is 2.71. The van der Waals surface area contributed by atoms with Crippen LogP contribution >= 0.6 is 0 Å². The average molecular weight is 321 g/mol. The van der Waals surface area contributed by atoms with Crippen LogP contribution in [-0.4, -0.2) is 43.0 Å². The van der Waals surface area contributed by atoms with Crippen molar-refractivity contribution in [2.24, 2.45) is 5.41 Å². The maximum Gasteiger partial charge on any atom is 0.410 e. The molecule has 4 nitrogen and oxygen atoms in total. The van der Waals surface area contributed by atoms with Gasteiger partial charge in [-0.15, -0.1) is 0 Å². The van der Waals surface area contributed by atoms with E-state index < -0.39 is 18.4 Å². The first-order chi connectivity index (χ1) is 11.1. The molecule has 2 atom stereocenters. The summed E-state index contributed by atoms with van der Waals surface area (Å²) in [6.45, 7) is 3.53. The number of hydrogen-bond acceptors (Lipinski definition) is 3. The van der Waals surface area contributed by atoms with Gasteiger partial charge in [0, 0.05) is 6.54 Å². The number of alkyl halides is 1. The molecule has 5 heteroatoms. The molecule has 1 amide bonds. The number of benzene rings is 1. The number of carbonyl (C=O) groups excluding carboxylic acids is 1. The molecule has 0 N–H and O–H groups in total. The predicted molar refractivity (Wildman–Crippen MR) is 84.8 cm³/mol. The predicted octanol–water partition coefficient (Wildman–Crippen LogP) is 3.55. The van der Waals surface area contributed by atoms with Crippen LogP contribution in [0.2, 0.25) is 0 Å². The van der Waals surface area contributed by atoms with Crippen LogP contribution in [0.3, 0.4) is 0 Å². The lowest BCUT2D eigenvalue weighted by molar-refractivity contribution is -0.0570. The number of ether oxygens (including phenoxy) is 2. The van der Waals surface area contributed by atoms with Crippen molar-refractivity contribution in [3.63, 3.8) is 0 Å². The molecular weight excluding hydrogens is 297 g/mol. The van der Waals surface area contributed by atoms with Crippen molar-refractivity contribution in [1.82, 2.24) is 4.90 Å². The van der Waals surface area contributed by atoms with Gasteiger partial charge in [-0.05, 0) is 30.2 Å². The monoisotopic (exact) mass is 321 g/mol. The van der Waals surface area contributed by atoms with E-state index in [1.807, 2.05) is 30.3 Å². The first kappa shape index (κ1) is 16.2. The zero-order valence-corrected chi connectivity index (χ0v) is 13.5. The molecule has 1 aromatic rings. The van der Waals surface area contributed by atoms with Gasteiger partial charge in [0.25, 0.3) is 0 Å². The average Bonchev–Trinajstić information content (AvgIpc) is 3.30. The van der Waals surface area contributed by atoms with E-state index in [1.54, 1.807) is 0 Å². The van der Waals surface area contributed by atoms with Crippen LogP contribution in [0.15, 0.2) is 30.3 Å². The van der Waals surface area contributed by atoms with Gasteiger partial charge in [0.15, 0.2) is 0 Å². The molecule has 1 aliphatic heterocycles. The Kier molecular flexibility index (Phi) is 4.85. The van der Waals surface area contributed by atoms with Gasteiger partial charge in [0.1, 0.15) is 12.8 Å². The Balaban J connectivity index is 1.42. The largest absolute Gasteiger partial charge is 0.445 e. The molecule has 1 aromatic carbocycles. The SMILES string of the molecule is CC1(CO[C@@H]2CCN(C(=O)OCc3ccccc3)C[C@@H]2F)CC1. The number of likely N-dealkylation sites (tertiary alicyclic amines) is 1. The standard InChI is InChI=1S/C18H24FNO3/c1-18(8-9-18)13-23-16-7-10-20(11-15(16)19)17(21)22-12-14-5-3-2-4-6-14/h2-6,15-16H,7-13H2,1H3/t15-,16+/m0/s1. The number of carbonyl (C=O) groups is 1. The molecule has 0 spiro atoms. The Morgan fingerprint density at radius 3 is 2.74 bits per heavy atom. The molecule has 1 aliphatic carbocycles. The third-order valence-corrected chi connectivity index (χ3v) is 4.69. The first-order valence-electron chi connectivity index (χ1n) is 8.27. The number of nitrogens with zero attached hydrogens (tertiary/aromatic N) is 1. The quantitative estimate of drug-likeness (QED) is 0.832. The van der Waals surface area contributed by atoms with Crippen molar-refractivity contribution >= 4 is 6.09 Å². The molecular formula is C18H24FNO3. The van der Waals surface area contributed by atoms with E-state index in [1.165, 1.54) is 4.90 Å². The molecule has 0 bridgehead atoms. The fourth-order valence-corrected chi connectivity index (χ4v) is 2.71. The Morgan fingerprint density at radius 2 is 2.09 bits per heavy atom. The van der Waals surface area contributed by atoms with E-state index in [4.69, 9.17) is 9.47 Å². The summed E-state index contributed by atoms with van der Waals surface area (Å²) in [7, 11) is 0. The first-order valence-corrected chi connectivity index (χ1v) is 8.27. The molecule has 126 valence electrons. The highest BCUT2D eigenvalue weighted by Crippen LogP contribution is 2.45. The summed E-state index contributed by atoms with van der Waals surface area (Å²) in [5.74, 6) is 0. The molecule has 1 saturated carbocycles. The lowest BCUT2D eigenvalue weighted by atomic mass is 10.1. The topological polar surface area (TPSA) is 38.8 Å². The minimum Gasteiger partial charge on any atom is -0.445 e. The second-order valence-electron chi connectivity index (χ2n) is 6.95. The number of amides is 1. The highest BCUT2D eigenvalue weighted by Gasteiger charge is 2.40. The van der Waals surface area contributed by atoms with Gasteiger partial charge in [-0.2, -0.15) is 0 Å².